The number of carbonyl (C=O) groups is 1. The van der Waals surface area contributed by atoms with Crippen LogP contribution in [0.25, 0.3) is 12.2 Å². The quantitative estimate of drug-likeness (QED) is 0.298. The molecule has 24 heavy (non-hydrogen) atoms. The minimum atomic E-state index is -0.533. The summed E-state index contributed by atoms with van der Waals surface area (Å²) in [6.45, 7) is 0. The SMILES string of the molecule is O=C(CCCCC(O)c1ccc(/C=C/c2ccccc2)cc1)NO. The van der Waals surface area contributed by atoms with Gasteiger partial charge in [-0.3, -0.25) is 10.0 Å². The maximum absolute atomic E-state index is 10.9. The second kappa shape index (κ2) is 9.65. The summed E-state index contributed by atoms with van der Waals surface area (Å²) in [6, 6.07) is 17.9. The van der Waals surface area contributed by atoms with Crippen molar-refractivity contribution in [1.29, 1.82) is 0 Å². The van der Waals surface area contributed by atoms with Crippen LogP contribution in [0.1, 0.15) is 48.5 Å². The molecule has 1 amide bonds. The largest absolute Gasteiger partial charge is 0.388 e. The molecule has 0 heterocycles. The van der Waals surface area contributed by atoms with E-state index in [2.05, 4.69) is 6.08 Å². The molecule has 0 radical (unpaired) electrons. The van der Waals surface area contributed by atoms with Gasteiger partial charge in [0.25, 0.3) is 0 Å². The zero-order valence-corrected chi connectivity index (χ0v) is 13.6. The Hall–Kier alpha value is -2.43. The van der Waals surface area contributed by atoms with Gasteiger partial charge in [-0.1, -0.05) is 73.2 Å². The molecule has 2 rings (SSSR count). The first kappa shape index (κ1) is 17.9. The van der Waals surface area contributed by atoms with Gasteiger partial charge in [0.05, 0.1) is 6.10 Å². The van der Waals surface area contributed by atoms with Crippen LogP contribution in [0.4, 0.5) is 0 Å². The average molecular weight is 325 g/mol. The lowest BCUT2D eigenvalue weighted by atomic mass is 10.0. The van der Waals surface area contributed by atoms with E-state index >= 15 is 0 Å². The highest BCUT2D eigenvalue weighted by molar-refractivity contribution is 5.74. The first-order valence-corrected chi connectivity index (χ1v) is 8.13. The van der Waals surface area contributed by atoms with Crippen molar-refractivity contribution in [2.24, 2.45) is 0 Å². The van der Waals surface area contributed by atoms with Crippen LogP contribution < -0.4 is 5.48 Å². The van der Waals surface area contributed by atoms with Gasteiger partial charge >= 0.3 is 0 Å². The van der Waals surface area contributed by atoms with E-state index in [0.29, 0.717) is 12.8 Å². The van der Waals surface area contributed by atoms with Gasteiger partial charge in [-0.2, -0.15) is 0 Å². The van der Waals surface area contributed by atoms with Gasteiger partial charge in [0.15, 0.2) is 0 Å². The molecule has 4 nitrogen and oxygen atoms in total. The molecular weight excluding hydrogens is 302 g/mol. The van der Waals surface area contributed by atoms with Crippen LogP contribution in [-0.4, -0.2) is 16.2 Å². The van der Waals surface area contributed by atoms with Crippen molar-refractivity contribution in [3.63, 3.8) is 0 Å². The standard InChI is InChI=1S/C20H23NO3/c22-19(8-4-5-9-20(23)21-24)18-14-12-17(13-15-18)11-10-16-6-2-1-3-7-16/h1-3,6-7,10-15,19,22,24H,4-5,8-9H2,(H,21,23)/b11-10+. The number of benzene rings is 2. The number of aliphatic hydroxyl groups excluding tert-OH is 1. The van der Waals surface area contributed by atoms with E-state index < -0.39 is 6.10 Å². The van der Waals surface area contributed by atoms with E-state index in [-0.39, 0.29) is 12.3 Å². The normalized spacial score (nSPS) is 12.2. The number of hydrogen-bond donors (Lipinski definition) is 3. The van der Waals surface area contributed by atoms with Crippen molar-refractivity contribution < 1.29 is 15.1 Å². The Morgan fingerprint density at radius 2 is 1.58 bits per heavy atom. The number of amides is 1. The first-order chi connectivity index (χ1) is 11.7. The van der Waals surface area contributed by atoms with Crippen molar-refractivity contribution in [3.8, 4) is 0 Å². The molecule has 1 atom stereocenters. The molecule has 4 heteroatoms. The third-order valence-corrected chi connectivity index (χ3v) is 3.85. The third-order valence-electron chi connectivity index (χ3n) is 3.85. The molecule has 0 aliphatic heterocycles. The van der Waals surface area contributed by atoms with E-state index in [1.807, 2.05) is 60.7 Å². The van der Waals surface area contributed by atoms with Crippen molar-refractivity contribution in [2.45, 2.75) is 31.8 Å². The smallest absolute Gasteiger partial charge is 0.243 e. The Labute approximate surface area is 142 Å². The van der Waals surface area contributed by atoms with Gasteiger partial charge < -0.3 is 5.11 Å². The summed E-state index contributed by atoms with van der Waals surface area (Å²) >= 11 is 0. The number of carbonyl (C=O) groups excluding carboxylic acids is 1. The lowest BCUT2D eigenvalue weighted by Gasteiger charge is -2.11. The molecule has 0 aliphatic carbocycles. The maximum atomic E-state index is 10.9. The van der Waals surface area contributed by atoms with E-state index in [0.717, 1.165) is 23.1 Å². The molecule has 0 aliphatic rings. The molecule has 1 unspecified atom stereocenters. The Kier molecular flexibility index (Phi) is 7.21. The number of nitrogens with one attached hydrogen (secondary N) is 1. The topological polar surface area (TPSA) is 69.6 Å². The van der Waals surface area contributed by atoms with Crippen molar-refractivity contribution >= 4 is 18.1 Å². The number of aliphatic hydroxyl groups is 1. The predicted molar refractivity (Wildman–Crippen MR) is 95.2 cm³/mol. The fourth-order valence-corrected chi connectivity index (χ4v) is 2.43. The molecule has 0 aromatic heterocycles. The zero-order chi connectivity index (χ0) is 17.2. The van der Waals surface area contributed by atoms with Crippen LogP contribution in [0.2, 0.25) is 0 Å². The number of hydrogen-bond acceptors (Lipinski definition) is 3. The number of rotatable bonds is 8. The monoisotopic (exact) mass is 325 g/mol. The van der Waals surface area contributed by atoms with Crippen molar-refractivity contribution in [2.75, 3.05) is 0 Å². The highest BCUT2D eigenvalue weighted by atomic mass is 16.5. The Balaban J connectivity index is 1.82. The lowest BCUT2D eigenvalue weighted by molar-refractivity contribution is -0.129. The van der Waals surface area contributed by atoms with Crippen LogP contribution >= 0.6 is 0 Å². The minimum absolute atomic E-state index is 0.270. The molecule has 0 saturated heterocycles. The minimum Gasteiger partial charge on any atom is -0.388 e. The Morgan fingerprint density at radius 3 is 2.21 bits per heavy atom. The van der Waals surface area contributed by atoms with E-state index in [1.54, 1.807) is 5.48 Å². The molecule has 2 aromatic carbocycles. The van der Waals surface area contributed by atoms with Crippen LogP contribution in [0.15, 0.2) is 54.6 Å². The third kappa shape index (κ3) is 5.99. The summed E-state index contributed by atoms with van der Waals surface area (Å²) in [6.07, 6.45) is 5.79. The van der Waals surface area contributed by atoms with Crippen LogP contribution in [-0.2, 0) is 4.79 Å². The summed E-state index contributed by atoms with van der Waals surface area (Å²) in [7, 11) is 0. The van der Waals surface area contributed by atoms with Crippen molar-refractivity contribution in [1.82, 2.24) is 5.48 Å². The molecule has 0 spiro atoms. The summed E-state index contributed by atoms with van der Waals surface area (Å²) in [5, 5.41) is 18.6. The molecule has 0 saturated carbocycles. The summed E-state index contributed by atoms with van der Waals surface area (Å²) in [5.41, 5.74) is 4.71. The molecule has 126 valence electrons. The molecule has 0 bridgehead atoms. The molecule has 2 aromatic rings. The fraction of sp³-hybridized carbons (Fsp3) is 0.250. The number of unbranched alkanes of at least 4 members (excludes halogenated alkanes) is 1. The van der Waals surface area contributed by atoms with Gasteiger partial charge in [0.2, 0.25) is 5.91 Å². The fourth-order valence-electron chi connectivity index (χ4n) is 2.43. The van der Waals surface area contributed by atoms with E-state index in [1.165, 1.54) is 0 Å². The van der Waals surface area contributed by atoms with Gasteiger partial charge in [0.1, 0.15) is 0 Å². The van der Waals surface area contributed by atoms with Gasteiger partial charge in [-0.25, -0.2) is 5.48 Å². The van der Waals surface area contributed by atoms with Crippen molar-refractivity contribution in [3.05, 3.63) is 71.3 Å². The highest BCUT2D eigenvalue weighted by Gasteiger charge is 2.07. The van der Waals surface area contributed by atoms with E-state index in [9.17, 15) is 9.90 Å². The maximum Gasteiger partial charge on any atom is 0.243 e. The molecular formula is C20H23NO3. The summed E-state index contributed by atoms with van der Waals surface area (Å²) in [4.78, 5) is 10.9. The van der Waals surface area contributed by atoms with Gasteiger partial charge in [-0.15, -0.1) is 0 Å². The summed E-state index contributed by atoms with van der Waals surface area (Å²) < 4.78 is 0. The van der Waals surface area contributed by atoms with Crippen LogP contribution in [0.5, 0.6) is 0 Å². The summed E-state index contributed by atoms with van der Waals surface area (Å²) in [5.74, 6) is -0.390. The lowest BCUT2D eigenvalue weighted by Crippen LogP contribution is -2.17. The number of hydroxylamine groups is 1. The predicted octanol–water partition coefficient (Wildman–Crippen LogP) is 3.96. The Morgan fingerprint density at radius 1 is 0.958 bits per heavy atom. The van der Waals surface area contributed by atoms with Gasteiger partial charge in [0, 0.05) is 6.42 Å². The first-order valence-electron chi connectivity index (χ1n) is 8.13. The Bertz CT molecular complexity index is 650. The van der Waals surface area contributed by atoms with Gasteiger partial charge in [-0.05, 0) is 29.5 Å². The van der Waals surface area contributed by atoms with Crippen LogP contribution in [0, 0.1) is 0 Å². The van der Waals surface area contributed by atoms with Crippen LogP contribution in [0.3, 0.4) is 0 Å². The molecule has 3 N–H and O–H groups in total. The molecule has 0 fully saturated rings. The highest BCUT2D eigenvalue weighted by Crippen LogP contribution is 2.20. The van der Waals surface area contributed by atoms with E-state index in [4.69, 9.17) is 5.21 Å². The second-order valence-electron chi connectivity index (χ2n) is 5.71. The second-order valence-corrected chi connectivity index (χ2v) is 5.71. The average Bonchev–Trinajstić information content (AvgIpc) is 2.64. The zero-order valence-electron chi connectivity index (χ0n) is 13.6.